The largest absolute Gasteiger partial charge is 0.488 e. The van der Waals surface area contributed by atoms with Crippen LogP contribution in [0.15, 0.2) is 18.3 Å². The van der Waals surface area contributed by atoms with Gasteiger partial charge in [-0.25, -0.2) is 18.2 Å². The lowest BCUT2D eigenvalue weighted by atomic mass is 10.2. The molecule has 0 bridgehead atoms. The van der Waals surface area contributed by atoms with Gasteiger partial charge in [0.15, 0.2) is 11.6 Å². The summed E-state index contributed by atoms with van der Waals surface area (Å²) in [5, 5.41) is 0. The molecule has 2 aliphatic heterocycles. The molecular formula is C15H13F3IN3O2. The third kappa shape index (κ3) is 2.53. The standard InChI is InChI=1S/C15H13F3IN3O2/c16-12-9(19)2-1-8-13(12)24-4-3-21-5-11(20-15(8)21)22-7-23-6-10(22)14(17)18/h1-2,5,10,14H,3-4,6-7H2/t10-/m0/s1. The van der Waals surface area contributed by atoms with Crippen molar-refractivity contribution in [2.75, 3.05) is 24.8 Å². The van der Waals surface area contributed by atoms with Gasteiger partial charge in [-0.15, -0.1) is 0 Å². The molecule has 9 heteroatoms. The number of hydrogen-bond acceptors (Lipinski definition) is 4. The third-order valence-electron chi connectivity index (χ3n) is 4.14. The summed E-state index contributed by atoms with van der Waals surface area (Å²) in [6.07, 6.45) is -0.836. The van der Waals surface area contributed by atoms with E-state index in [9.17, 15) is 13.2 Å². The zero-order chi connectivity index (χ0) is 16.8. The van der Waals surface area contributed by atoms with Crippen LogP contribution in [-0.4, -0.2) is 42.0 Å². The van der Waals surface area contributed by atoms with Gasteiger partial charge < -0.3 is 18.9 Å². The quantitative estimate of drug-likeness (QED) is 0.659. The Bertz CT molecular complexity index is 784. The van der Waals surface area contributed by atoms with Crippen LogP contribution in [0, 0.1) is 9.39 Å². The van der Waals surface area contributed by atoms with Crippen molar-refractivity contribution in [1.82, 2.24) is 9.55 Å². The third-order valence-corrected chi connectivity index (χ3v) is 4.97. The fraction of sp³-hybridized carbons (Fsp3) is 0.400. The van der Waals surface area contributed by atoms with Crippen molar-refractivity contribution in [3.8, 4) is 17.1 Å². The zero-order valence-electron chi connectivity index (χ0n) is 12.4. The van der Waals surface area contributed by atoms with E-state index in [0.29, 0.717) is 27.3 Å². The molecule has 0 unspecified atom stereocenters. The maximum absolute atomic E-state index is 14.3. The molecule has 0 radical (unpaired) electrons. The van der Waals surface area contributed by atoms with Crippen molar-refractivity contribution in [3.05, 3.63) is 27.7 Å². The van der Waals surface area contributed by atoms with E-state index in [1.165, 1.54) is 4.90 Å². The molecule has 0 saturated carbocycles. The Kier molecular flexibility index (Phi) is 4.07. The summed E-state index contributed by atoms with van der Waals surface area (Å²) < 4.78 is 53.5. The van der Waals surface area contributed by atoms with Crippen molar-refractivity contribution in [1.29, 1.82) is 0 Å². The Labute approximate surface area is 149 Å². The van der Waals surface area contributed by atoms with Gasteiger partial charge in [-0.2, -0.15) is 0 Å². The molecular weight excluding hydrogens is 438 g/mol. The van der Waals surface area contributed by atoms with Crippen LogP contribution in [0.4, 0.5) is 19.0 Å². The second-order valence-corrected chi connectivity index (χ2v) is 6.74. The number of benzene rings is 1. The molecule has 0 spiro atoms. The van der Waals surface area contributed by atoms with Crippen LogP contribution in [0.5, 0.6) is 5.75 Å². The summed E-state index contributed by atoms with van der Waals surface area (Å²) in [7, 11) is 0. The second kappa shape index (κ2) is 6.10. The van der Waals surface area contributed by atoms with Crippen LogP contribution in [-0.2, 0) is 11.3 Å². The molecule has 1 saturated heterocycles. The summed E-state index contributed by atoms with van der Waals surface area (Å²) in [5.74, 6) is 0.634. The number of hydrogen-bond donors (Lipinski definition) is 0. The van der Waals surface area contributed by atoms with Crippen LogP contribution in [0.25, 0.3) is 11.4 Å². The first kappa shape index (κ1) is 16.0. The SMILES string of the molecule is Fc1c(I)ccc2c1OCCn1cc(N3COC[C@H]3C(F)F)nc1-2. The first-order chi connectivity index (χ1) is 11.6. The first-order valence-electron chi connectivity index (χ1n) is 7.37. The Hall–Kier alpha value is -1.49. The lowest BCUT2D eigenvalue weighted by Crippen LogP contribution is -2.36. The van der Waals surface area contributed by atoms with E-state index in [2.05, 4.69) is 4.98 Å². The zero-order valence-corrected chi connectivity index (χ0v) is 14.5. The molecule has 24 heavy (non-hydrogen) atoms. The Morgan fingerprint density at radius 3 is 2.96 bits per heavy atom. The summed E-state index contributed by atoms with van der Waals surface area (Å²) in [5.41, 5.74) is 0.519. The second-order valence-electron chi connectivity index (χ2n) is 5.57. The molecule has 0 N–H and O–H groups in total. The highest BCUT2D eigenvalue weighted by molar-refractivity contribution is 14.1. The predicted octanol–water partition coefficient (Wildman–Crippen LogP) is 3.11. The summed E-state index contributed by atoms with van der Waals surface area (Å²) in [4.78, 5) is 5.90. The predicted molar refractivity (Wildman–Crippen MR) is 88.9 cm³/mol. The lowest BCUT2D eigenvalue weighted by molar-refractivity contribution is 0.100. The van der Waals surface area contributed by atoms with Gasteiger partial charge in [0.25, 0.3) is 6.43 Å². The van der Waals surface area contributed by atoms with E-state index >= 15 is 0 Å². The number of aromatic nitrogens is 2. The molecule has 1 aromatic heterocycles. The fourth-order valence-corrected chi connectivity index (χ4v) is 3.35. The number of anilines is 1. The van der Waals surface area contributed by atoms with Gasteiger partial charge in [-0.3, -0.25) is 0 Å². The average Bonchev–Trinajstić information content (AvgIpc) is 3.15. The van der Waals surface area contributed by atoms with Gasteiger partial charge >= 0.3 is 0 Å². The summed E-state index contributed by atoms with van der Waals surface area (Å²) in [6.45, 7) is 0.769. The van der Waals surface area contributed by atoms with E-state index in [-0.39, 0.29) is 25.7 Å². The van der Waals surface area contributed by atoms with E-state index in [1.54, 1.807) is 22.9 Å². The molecule has 3 heterocycles. The van der Waals surface area contributed by atoms with E-state index in [4.69, 9.17) is 9.47 Å². The molecule has 2 aliphatic rings. The van der Waals surface area contributed by atoms with Crippen LogP contribution >= 0.6 is 22.6 Å². The Morgan fingerprint density at radius 1 is 1.33 bits per heavy atom. The Balaban J connectivity index is 1.78. The number of halogens is 4. The van der Waals surface area contributed by atoms with Crippen molar-refractivity contribution < 1.29 is 22.6 Å². The van der Waals surface area contributed by atoms with E-state index < -0.39 is 18.3 Å². The topological polar surface area (TPSA) is 39.5 Å². The minimum absolute atomic E-state index is 0.0353. The molecule has 1 aromatic carbocycles. The first-order valence-corrected chi connectivity index (χ1v) is 8.45. The van der Waals surface area contributed by atoms with E-state index in [1.807, 2.05) is 22.6 Å². The van der Waals surface area contributed by atoms with Crippen molar-refractivity contribution >= 4 is 28.4 Å². The molecule has 0 amide bonds. The molecule has 1 atom stereocenters. The van der Waals surface area contributed by atoms with Crippen LogP contribution < -0.4 is 9.64 Å². The number of ether oxygens (including phenoxy) is 2. The smallest absolute Gasteiger partial charge is 0.260 e. The van der Waals surface area contributed by atoms with Crippen LogP contribution in [0.3, 0.4) is 0 Å². The normalized spacial score (nSPS) is 19.9. The molecule has 0 aliphatic carbocycles. The van der Waals surface area contributed by atoms with Gasteiger partial charge in [0, 0.05) is 6.20 Å². The molecule has 2 aromatic rings. The minimum atomic E-state index is -2.52. The molecule has 1 fully saturated rings. The highest BCUT2D eigenvalue weighted by Crippen LogP contribution is 2.37. The number of rotatable bonds is 2. The van der Waals surface area contributed by atoms with Gasteiger partial charge in [-0.05, 0) is 34.7 Å². The molecule has 5 nitrogen and oxygen atoms in total. The van der Waals surface area contributed by atoms with Gasteiger partial charge in [-0.1, -0.05) is 0 Å². The van der Waals surface area contributed by atoms with Gasteiger partial charge in [0.05, 0.1) is 22.3 Å². The van der Waals surface area contributed by atoms with E-state index in [0.717, 1.165) is 0 Å². The maximum Gasteiger partial charge on any atom is 0.260 e. The maximum atomic E-state index is 14.3. The highest BCUT2D eigenvalue weighted by atomic mass is 127. The van der Waals surface area contributed by atoms with Crippen molar-refractivity contribution in [2.24, 2.45) is 0 Å². The lowest BCUT2D eigenvalue weighted by Gasteiger charge is -2.21. The van der Waals surface area contributed by atoms with Gasteiger partial charge in [0.1, 0.15) is 31.0 Å². The van der Waals surface area contributed by atoms with Crippen LogP contribution in [0.2, 0.25) is 0 Å². The number of alkyl halides is 2. The number of nitrogens with zero attached hydrogens (tertiary/aromatic N) is 3. The monoisotopic (exact) mass is 451 g/mol. The molecule has 128 valence electrons. The van der Waals surface area contributed by atoms with Crippen molar-refractivity contribution in [3.63, 3.8) is 0 Å². The average molecular weight is 451 g/mol. The number of fused-ring (bicyclic) bond motifs is 3. The van der Waals surface area contributed by atoms with Crippen molar-refractivity contribution in [2.45, 2.75) is 19.0 Å². The van der Waals surface area contributed by atoms with Gasteiger partial charge in [0.2, 0.25) is 0 Å². The van der Waals surface area contributed by atoms with Crippen LogP contribution in [0.1, 0.15) is 0 Å². The Morgan fingerprint density at radius 2 is 2.17 bits per heavy atom. The summed E-state index contributed by atoms with van der Waals surface area (Å²) in [6, 6.07) is 2.36. The molecule has 4 rings (SSSR count). The fourth-order valence-electron chi connectivity index (χ4n) is 2.92. The minimum Gasteiger partial charge on any atom is -0.488 e. The summed E-state index contributed by atoms with van der Waals surface area (Å²) >= 11 is 1.90. The highest BCUT2D eigenvalue weighted by Gasteiger charge is 2.35. The number of imidazole rings is 1.